The van der Waals surface area contributed by atoms with Gasteiger partial charge in [0.2, 0.25) is 0 Å². The molecule has 1 N–H and O–H groups in total. The maximum absolute atomic E-state index is 6.30. The van der Waals surface area contributed by atoms with Crippen LogP contribution in [0.2, 0.25) is 10.0 Å². The van der Waals surface area contributed by atoms with Gasteiger partial charge in [0, 0.05) is 41.8 Å². The molecule has 0 bridgehead atoms. The molecule has 1 saturated heterocycles. The number of nitrogens with one attached hydrogen (secondary N) is 1. The molecule has 0 radical (unpaired) electrons. The van der Waals surface area contributed by atoms with Gasteiger partial charge in [-0.1, -0.05) is 43.5 Å². The van der Waals surface area contributed by atoms with Gasteiger partial charge in [0.25, 0.3) is 0 Å². The molecule has 2 unspecified atom stereocenters. The molecule has 2 nitrogen and oxygen atoms in total. The summed E-state index contributed by atoms with van der Waals surface area (Å²) >= 11 is 12.4. The zero-order chi connectivity index (χ0) is 14.5. The molecule has 0 amide bonds. The summed E-state index contributed by atoms with van der Waals surface area (Å²) in [6.45, 7) is 7.54. The van der Waals surface area contributed by atoms with Crippen LogP contribution in [0.1, 0.15) is 38.7 Å². The van der Waals surface area contributed by atoms with Gasteiger partial charge in [0.1, 0.15) is 0 Å². The fourth-order valence-corrected chi connectivity index (χ4v) is 3.32. The SMILES string of the molecule is CCCC1CN(Cc2cc(Cl)ccc2Cl)C(CC)CN1. The highest BCUT2D eigenvalue weighted by molar-refractivity contribution is 6.33. The Labute approximate surface area is 132 Å². The van der Waals surface area contributed by atoms with Crippen LogP contribution in [0.25, 0.3) is 0 Å². The van der Waals surface area contributed by atoms with Gasteiger partial charge in [0.15, 0.2) is 0 Å². The van der Waals surface area contributed by atoms with Crippen LogP contribution < -0.4 is 5.32 Å². The number of nitrogens with zero attached hydrogens (tertiary/aromatic N) is 1. The Balaban J connectivity index is 2.09. The van der Waals surface area contributed by atoms with Crippen LogP contribution in [0.5, 0.6) is 0 Å². The molecule has 20 heavy (non-hydrogen) atoms. The van der Waals surface area contributed by atoms with E-state index in [0.717, 1.165) is 41.7 Å². The fraction of sp³-hybridized carbons (Fsp3) is 0.625. The molecule has 1 aliphatic rings. The van der Waals surface area contributed by atoms with Crippen molar-refractivity contribution in [3.63, 3.8) is 0 Å². The van der Waals surface area contributed by atoms with E-state index in [9.17, 15) is 0 Å². The fourth-order valence-electron chi connectivity index (χ4n) is 2.95. The van der Waals surface area contributed by atoms with Crippen LogP contribution in [0.15, 0.2) is 18.2 Å². The molecular formula is C16H24Cl2N2. The first-order valence-electron chi connectivity index (χ1n) is 7.55. The molecule has 0 aliphatic carbocycles. The van der Waals surface area contributed by atoms with E-state index >= 15 is 0 Å². The Morgan fingerprint density at radius 3 is 2.80 bits per heavy atom. The van der Waals surface area contributed by atoms with Crippen LogP contribution in [-0.4, -0.2) is 30.1 Å². The first-order chi connectivity index (χ1) is 9.63. The molecule has 2 rings (SSSR count). The van der Waals surface area contributed by atoms with Crippen molar-refractivity contribution in [3.05, 3.63) is 33.8 Å². The smallest absolute Gasteiger partial charge is 0.0452 e. The Bertz CT molecular complexity index is 436. The number of hydrogen-bond acceptors (Lipinski definition) is 2. The van der Waals surface area contributed by atoms with Crippen molar-refractivity contribution in [1.82, 2.24) is 10.2 Å². The standard InChI is InChI=1S/C16H24Cl2N2/c1-3-5-14-11-20(15(4-2)9-19-14)10-12-8-13(17)6-7-16(12)18/h6-8,14-15,19H,3-5,9-11H2,1-2H3. The minimum Gasteiger partial charge on any atom is -0.311 e. The van der Waals surface area contributed by atoms with Crippen LogP contribution in [0, 0.1) is 0 Å². The number of piperazine rings is 1. The molecule has 0 spiro atoms. The van der Waals surface area contributed by atoms with Crippen molar-refractivity contribution in [1.29, 1.82) is 0 Å². The maximum Gasteiger partial charge on any atom is 0.0452 e. The molecule has 0 saturated carbocycles. The predicted octanol–water partition coefficient (Wildman–Crippen LogP) is 4.35. The van der Waals surface area contributed by atoms with Crippen molar-refractivity contribution < 1.29 is 0 Å². The summed E-state index contributed by atoms with van der Waals surface area (Å²) in [6.07, 6.45) is 3.61. The zero-order valence-electron chi connectivity index (χ0n) is 12.3. The van der Waals surface area contributed by atoms with Crippen molar-refractivity contribution in [2.45, 2.75) is 51.7 Å². The summed E-state index contributed by atoms with van der Waals surface area (Å²) in [7, 11) is 0. The summed E-state index contributed by atoms with van der Waals surface area (Å²) in [5.41, 5.74) is 1.13. The van der Waals surface area contributed by atoms with Gasteiger partial charge in [0.05, 0.1) is 0 Å². The van der Waals surface area contributed by atoms with Gasteiger partial charge >= 0.3 is 0 Å². The van der Waals surface area contributed by atoms with E-state index in [1.807, 2.05) is 18.2 Å². The molecule has 1 fully saturated rings. The van der Waals surface area contributed by atoms with E-state index in [1.165, 1.54) is 12.8 Å². The molecule has 1 aromatic carbocycles. The van der Waals surface area contributed by atoms with Gasteiger partial charge in [-0.05, 0) is 36.6 Å². The van der Waals surface area contributed by atoms with Crippen molar-refractivity contribution in [2.24, 2.45) is 0 Å². The molecule has 2 atom stereocenters. The highest BCUT2D eigenvalue weighted by Crippen LogP contribution is 2.24. The summed E-state index contributed by atoms with van der Waals surface area (Å²) in [6, 6.07) is 6.92. The third kappa shape index (κ3) is 4.11. The second-order valence-corrected chi connectivity index (χ2v) is 6.46. The highest BCUT2D eigenvalue weighted by Gasteiger charge is 2.26. The molecule has 112 valence electrons. The maximum atomic E-state index is 6.30. The van der Waals surface area contributed by atoms with Crippen LogP contribution in [-0.2, 0) is 6.54 Å². The number of rotatable bonds is 5. The van der Waals surface area contributed by atoms with Gasteiger partial charge in [-0.25, -0.2) is 0 Å². The van der Waals surface area contributed by atoms with Gasteiger partial charge in [-0.15, -0.1) is 0 Å². The van der Waals surface area contributed by atoms with E-state index in [1.54, 1.807) is 0 Å². The second kappa shape index (κ2) is 7.65. The summed E-state index contributed by atoms with van der Waals surface area (Å²) in [5.74, 6) is 0. The van der Waals surface area contributed by atoms with Gasteiger partial charge in [-0.2, -0.15) is 0 Å². The van der Waals surface area contributed by atoms with Gasteiger partial charge in [-0.3, -0.25) is 4.90 Å². The number of halogens is 2. The zero-order valence-corrected chi connectivity index (χ0v) is 13.8. The quantitative estimate of drug-likeness (QED) is 0.869. The Hall–Kier alpha value is -0.280. The highest BCUT2D eigenvalue weighted by atomic mass is 35.5. The molecular weight excluding hydrogens is 291 g/mol. The summed E-state index contributed by atoms with van der Waals surface area (Å²) in [5, 5.41) is 5.24. The van der Waals surface area contributed by atoms with E-state index in [2.05, 4.69) is 24.1 Å². The minimum atomic E-state index is 0.582. The van der Waals surface area contributed by atoms with E-state index in [0.29, 0.717) is 12.1 Å². The lowest BCUT2D eigenvalue weighted by atomic mass is 10.0. The lowest BCUT2D eigenvalue weighted by molar-refractivity contribution is 0.115. The van der Waals surface area contributed by atoms with E-state index in [4.69, 9.17) is 23.2 Å². The largest absolute Gasteiger partial charge is 0.311 e. The number of benzene rings is 1. The molecule has 1 aliphatic heterocycles. The monoisotopic (exact) mass is 314 g/mol. The average Bonchev–Trinajstić information content (AvgIpc) is 2.44. The predicted molar refractivity (Wildman–Crippen MR) is 87.6 cm³/mol. The minimum absolute atomic E-state index is 0.582. The molecule has 1 aromatic rings. The Kier molecular flexibility index (Phi) is 6.16. The topological polar surface area (TPSA) is 15.3 Å². The lowest BCUT2D eigenvalue weighted by Crippen LogP contribution is -2.55. The third-order valence-corrected chi connectivity index (χ3v) is 4.71. The average molecular weight is 315 g/mol. The Morgan fingerprint density at radius 2 is 2.10 bits per heavy atom. The molecule has 0 aromatic heterocycles. The van der Waals surface area contributed by atoms with Crippen LogP contribution in [0.4, 0.5) is 0 Å². The molecule has 4 heteroatoms. The van der Waals surface area contributed by atoms with Crippen LogP contribution in [0.3, 0.4) is 0 Å². The number of hydrogen-bond donors (Lipinski definition) is 1. The normalized spacial score (nSPS) is 24.0. The first kappa shape index (κ1) is 16.1. The second-order valence-electron chi connectivity index (χ2n) is 5.62. The summed E-state index contributed by atoms with van der Waals surface area (Å²) in [4.78, 5) is 2.55. The van der Waals surface area contributed by atoms with Crippen molar-refractivity contribution in [3.8, 4) is 0 Å². The first-order valence-corrected chi connectivity index (χ1v) is 8.31. The van der Waals surface area contributed by atoms with Crippen molar-refractivity contribution >= 4 is 23.2 Å². The van der Waals surface area contributed by atoms with Crippen LogP contribution >= 0.6 is 23.2 Å². The third-order valence-electron chi connectivity index (χ3n) is 4.10. The van der Waals surface area contributed by atoms with Gasteiger partial charge < -0.3 is 5.32 Å². The summed E-state index contributed by atoms with van der Waals surface area (Å²) < 4.78 is 0. The Morgan fingerprint density at radius 1 is 1.30 bits per heavy atom. The van der Waals surface area contributed by atoms with E-state index in [-0.39, 0.29) is 0 Å². The lowest BCUT2D eigenvalue weighted by Gasteiger charge is -2.40. The van der Waals surface area contributed by atoms with E-state index < -0.39 is 0 Å². The molecule has 1 heterocycles. The van der Waals surface area contributed by atoms with Crippen molar-refractivity contribution in [2.75, 3.05) is 13.1 Å².